The number of carbonyl (C=O) groups is 1. The molecule has 0 aliphatic carbocycles. The number of hydrogen-bond donors (Lipinski definition) is 0. The van der Waals surface area contributed by atoms with Crippen molar-refractivity contribution in [3.63, 3.8) is 0 Å². The summed E-state index contributed by atoms with van der Waals surface area (Å²) in [6.45, 7) is 0.588. The SMILES string of the molecule is CN(Cc1cccs1)C(=O)c1cc(-c2cccs2)nn1-c1ccccc1. The first-order valence-corrected chi connectivity index (χ1v) is 9.95. The Balaban J connectivity index is 1.72. The number of hydrogen-bond acceptors (Lipinski definition) is 4. The molecule has 6 heteroatoms. The molecule has 4 aromatic rings. The van der Waals surface area contributed by atoms with E-state index in [1.807, 2.05) is 78.5 Å². The van der Waals surface area contributed by atoms with Crippen LogP contribution in [0.15, 0.2) is 71.4 Å². The van der Waals surface area contributed by atoms with Crippen LogP contribution in [0.4, 0.5) is 0 Å². The average molecular weight is 380 g/mol. The van der Waals surface area contributed by atoms with Crippen molar-refractivity contribution >= 4 is 28.6 Å². The van der Waals surface area contributed by atoms with E-state index >= 15 is 0 Å². The smallest absolute Gasteiger partial charge is 0.272 e. The second kappa shape index (κ2) is 7.27. The highest BCUT2D eigenvalue weighted by atomic mass is 32.1. The molecular formula is C20H17N3OS2. The molecule has 0 aliphatic rings. The molecule has 1 aromatic carbocycles. The van der Waals surface area contributed by atoms with E-state index in [-0.39, 0.29) is 5.91 Å². The normalized spacial score (nSPS) is 10.8. The van der Waals surface area contributed by atoms with E-state index in [2.05, 4.69) is 0 Å². The van der Waals surface area contributed by atoms with Crippen molar-refractivity contribution in [1.29, 1.82) is 0 Å². The van der Waals surface area contributed by atoms with Gasteiger partial charge in [-0.25, -0.2) is 4.68 Å². The monoisotopic (exact) mass is 379 g/mol. The highest BCUT2D eigenvalue weighted by Crippen LogP contribution is 2.26. The van der Waals surface area contributed by atoms with Crippen LogP contribution in [0.3, 0.4) is 0 Å². The van der Waals surface area contributed by atoms with E-state index in [1.165, 1.54) is 0 Å². The van der Waals surface area contributed by atoms with Gasteiger partial charge in [0.2, 0.25) is 0 Å². The summed E-state index contributed by atoms with van der Waals surface area (Å²) in [5, 5.41) is 8.75. The number of carbonyl (C=O) groups excluding carboxylic acids is 1. The molecule has 0 radical (unpaired) electrons. The van der Waals surface area contributed by atoms with Crippen molar-refractivity contribution in [2.75, 3.05) is 7.05 Å². The molecule has 26 heavy (non-hydrogen) atoms. The number of aromatic nitrogens is 2. The first kappa shape index (κ1) is 16.8. The topological polar surface area (TPSA) is 38.1 Å². The number of benzene rings is 1. The molecule has 0 saturated carbocycles. The van der Waals surface area contributed by atoms with E-state index < -0.39 is 0 Å². The summed E-state index contributed by atoms with van der Waals surface area (Å²) >= 11 is 3.27. The molecule has 130 valence electrons. The van der Waals surface area contributed by atoms with Gasteiger partial charge in [0.15, 0.2) is 0 Å². The maximum Gasteiger partial charge on any atom is 0.272 e. The van der Waals surface area contributed by atoms with Crippen molar-refractivity contribution < 1.29 is 4.79 Å². The Morgan fingerprint density at radius 1 is 1.04 bits per heavy atom. The molecule has 0 N–H and O–H groups in total. The van der Waals surface area contributed by atoms with Gasteiger partial charge in [0.05, 0.1) is 17.1 Å². The van der Waals surface area contributed by atoms with Crippen molar-refractivity contribution in [2.45, 2.75) is 6.54 Å². The van der Waals surface area contributed by atoms with Gasteiger partial charge < -0.3 is 4.90 Å². The summed E-state index contributed by atoms with van der Waals surface area (Å²) in [5.41, 5.74) is 2.26. The second-order valence-electron chi connectivity index (χ2n) is 5.88. The van der Waals surface area contributed by atoms with Crippen LogP contribution in [0, 0.1) is 0 Å². The molecule has 1 amide bonds. The van der Waals surface area contributed by atoms with Gasteiger partial charge in [-0.3, -0.25) is 4.79 Å². The molecule has 0 fully saturated rings. The lowest BCUT2D eigenvalue weighted by Gasteiger charge is -2.17. The molecule has 0 atom stereocenters. The summed E-state index contributed by atoms with van der Waals surface area (Å²) in [6.07, 6.45) is 0. The molecule has 3 aromatic heterocycles. The molecule has 4 nitrogen and oxygen atoms in total. The van der Waals surface area contributed by atoms with Gasteiger partial charge in [-0.15, -0.1) is 22.7 Å². The third kappa shape index (κ3) is 3.34. The summed E-state index contributed by atoms with van der Waals surface area (Å²) in [6, 6.07) is 19.7. The van der Waals surface area contributed by atoms with Gasteiger partial charge in [0.25, 0.3) is 5.91 Å². The number of thiophene rings is 2. The van der Waals surface area contributed by atoms with Gasteiger partial charge in [-0.1, -0.05) is 30.3 Å². The van der Waals surface area contributed by atoms with Crippen LogP contribution in [0.25, 0.3) is 16.3 Å². The standard InChI is InChI=1S/C20H17N3OS2/c1-22(14-16-9-5-11-25-16)20(24)18-13-17(19-10-6-12-26-19)21-23(18)15-7-3-2-4-8-15/h2-13H,14H2,1H3. The van der Waals surface area contributed by atoms with Gasteiger partial charge in [-0.05, 0) is 41.1 Å². The molecule has 3 heterocycles. The lowest BCUT2D eigenvalue weighted by molar-refractivity contribution is 0.0777. The minimum Gasteiger partial charge on any atom is -0.335 e. The van der Waals surface area contributed by atoms with E-state index in [9.17, 15) is 4.79 Å². The first-order chi connectivity index (χ1) is 12.7. The molecule has 0 unspecified atom stereocenters. The van der Waals surface area contributed by atoms with Crippen LogP contribution >= 0.6 is 22.7 Å². The predicted molar refractivity (Wildman–Crippen MR) is 107 cm³/mol. The zero-order valence-electron chi connectivity index (χ0n) is 14.2. The second-order valence-corrected chi connectivity index (χ2v) is 7.86. The summed E-state index contributed by atoms with van der Waals surface area (Å²) in [4.78, 5) is 17.1. The quantitative estimate of drug-likeness (QED) is 0.493. The molecular weight excluding hydrogens is 362 g/mol. The third-order valence-corrected chi connectivity index (χ3v) is 5.78. The van der Waals surface area contributed by atoms with Gasteiger partial charge in [0, 0.05) is 11.9 Å². The Bertz CT molecular complexity index is 989. The molecule has 0 aliphatic heterocycles. The van der Waals surface area contributed by atoms with Crippen LogP contribution in [0.1, 0.15) is 15.4 Å². The highest BCUT2D eigenvalue weighted by molar-refractivity contribution is 7.13. The summed E-state index contributed by atoms with van der Waals surface area (Å²) < 4.78 is 1.74. The Kier molecular flexibility index (Phi) is 4.69. The molecule has 0 spiro atoms. The lowest BCUT2D eigenvalue weighted by Crippen LogP contribution is -2.27. The lowest BCUT2D eigenvalue weighted by atomic mass is 10.2. The molecule has 4 rings (SSSR count). The highest BCUT2D eigenvalue weighted by Gasteiger charge is 2.21. The zero-order valence-corrected chi connectivity index (χ0v) is 15.8. The number of para-hydroxylation sites is 1. The van der Waals surface area contributed by atoms with Crippen molar-refractivity contribution in [3.8, 4) is 16.3 Å². The van der Waals surface area contributed by atoms with Gasteiger partial charge in [0.1, 0.15) is 11.4 Å². The summed E-state index contributed by atoms with van der Waals surface area (Å²) in [5.74, 6) is -0.0439. The Hall–Kier alpha value is -2.70. The number of amides is 1. The van der Waals surface area contributed by atoms with Crippen molar-refractivity contribution in [3.05, 3.63) is 82.0 Å². The Morgan fingerprint density at radius 2 is 1.81 bits per heavy atom. The fraction of sp³-hybridized carbons (Fsp3) is 0.100. The Labute approximate surface area is 160 Å². The average Bonchev–Trinajstić information content (AvgIpc) is 3.42. The van der Waals surface area contributed by atoms with Gasteiger partial charge >= 0.3 is 0 Å². The van der Waals surface area contributed by atoms with Crippen molar-refractivity contribution in [2.24, 2.45) is 0 Å². The number of nitrogens with zero attached hydrogens (tertiary/aromatic N) is 3. The summed E-state index contributed by atoms with van der Waals surface area (Å²) in [7, 11) is 1.83. The van der Waals surface area contributed by atoms with Crippen LogP contribution in [0.2, 0.25) is 0 Å². The van der Waals surface area contributed by atoms with Crippen molar-refractivity contribution in [1.82, 2.24) is 14.7 Å². The van der Waals surface area contributed by atoms with Crippen LogP contribution in [0.5, 0.6) is 0 Å². The zero-order chi connectivity index (χ0) is 17.9. The van der Waals surface area contributed by atoms with E-state index in [1.54, 1.807) is 32.3 Å². The largest absolute Gasteiger partial charge is 0.335 e. The third-order valence-electron chi connectivity index (χ3n) is 4.02. The number of rotatable bonds is 5. The van der Waals surface area contributed by atoms with Crippen LogP contribution in [-0.4, -0.2) is 27.6 Å². The van der Waals surface area contributed by atoms with E-state index in [4.69, 9.17) is 5.10 Å². The maximum atomic E-state index is 13.1. The minimum absolute atomic E-state index is 0.0439. The predicted octanol–water partition coefficient (Wildman–Crippen LogP) is 4.93. The van der Waals surface area contributed by atoms with E-state index in [0.717, 1.165) is 21.1 Å². The fourth-order valence-electron chi connectivity index (χ4n) is 2.75. The molecule has 0 bridgehead atoms. The maximum absolute atomic E-state index is 13.1. The van der Waals surface area contributed by atoms with Gasteiger partial charge in [-0.2, -0.15) is 5.10 Å². The first-order valence-electron chi connectivity index (χ1n) is 8.19. The Morgan fingerprint density at radius 3 is 2.50 bits per heavy atom. The van der Waals surface area contributed by atoms with Crippen LogP contribution < -0.4 is 0 Å². The molecule has 0 saturated heterocycles. The van der Waals surface area contributed by atoms with E-state index in [0.29, 0.717) is 12.2 Å². The fourth-order valence-corrected chi connectivity index (χ4v) is 4.19. The minimum atomic E-state index is -0.0439. The van der Waals surface area contributed by atoms with Crippen LogP contribution in [-0.2, 0) is 6.54 Å².